The van der Waals surface area contributed by atoms with Crippen molar-refractivity contribution >= 4 is 21.9 Å². The van der Waals surface area contributed by atoms with Crippen molar-refractivity contribution in [2.75, 3.05) is 20.1 Å². The largest absolute Gasteiger partial charge is 0.354 e. The molecule has 0 radical (unpaired) electrons. The molecule has 2 N–H and O–H groups in total. The fourth-order valence-corrected chi connectivity index (χ4v) is 3.40. The molecule has 0 atom stereocenters. The summed E-state index contributed by atoms with van der Waals surface area (Å²) in [4.78, 5) is 11.3. The summed E-state index contributed by atoms with van der Waals surface area (Å²) in [5.74, 6) is 0.871. The maximum absolute atomic E-state index is 4.42. The minimum Gasteiger partial charge on any atom is -0.354 e. The van der Waals surface area contributed by atoms with E-state index in [4.69, 9.17) is 0 Å². The van der Waals surface area contributed by atoms with Crippen LogP contribution >= 0.6 is 15.9 Å². The third-order valence-corrected chi connectivity index (χ3v) is 5.17. The van der Waals surface area contributed by atoms with Crippen LogP contribution in [0.1, 0.15) is 24.1 Å². The molecule has 1 saturated heterocycles. The van der Waals surface area contributed by atoms with Crippen LogP contribution in [0.2, 0.25) is 0 Å². The van der Waals surface area contributed by atoms with E-state index < -0.39 is 0 Å². The molecule has 2 heterocycles. The smallest absolute Gasteiger partial charge is 0.191 e. The molecule has 1 aromatic heterocycles. The molecular weight excluding hydrogens is 390 g/mol. The third-order valence-electron chi connectivity index (χ3n) is 4.64. The molecule has 3 rings (SSSR count). The molecule has 0 bridgehead atoms. The summed E-state index contributed by atoms with van der Waals surface area (Å²) in [6.45, 7) is 3.87. The van der Waals surface area contributed by atoms with Gasteiger partial charge in [-0.1, -0.05) is 34.1 Å². The molecule has 1 fully saturated rings. The number of benzene rings is 1. The second-order valence-corrected chi connectivity index (χ2v) is 7.48. The molecule has 0 saturated carbocycles. The molecule has 0 unspecified atom stereocenters. The second kappa shape index (κ2) is 9.69. The fraction of sp³-hybridized carbons (Fsp3) is 0.400. The number of aromatic nitrogens is 1. The third kappa shape index (κ3) is 5.81. The lowest BCUT2D eigenvalue weighted by atomic mass is 10.0. The van der Waals surface area contributed by atoms with Crippen molar-refractivity contribution in [3.8, 4) is 0 Å². The number of guanidine groups is 1. The van der Waals surface area contributed by atoms with Gasteiger partial charge in [0.15, 0.2) is 5.96 Å². The normalized spacial score (nSPS) is 16.5. The molecule has 2 aromatic rings. The summed E-state index contributed by atoms with van der Waals surface area (Å²) in [6.07, 6.45) is 4.10. The van der Waals surface area contributed by atoms with E-state index >= 15 is 0 Å². The van der Waals surface area contributed by atoms with Crippen LogP contribution in [-0.2, 0) is 13.1 Å². The summed E-state index contributed by atoms with van der Waals surface area (Å²) >= 11 is 3.47. The highest BCUT2D eigenvalue weighted by Gasteiger charge is 2.20. The van der Waals surface area contributed by atoms with Crippen LogP contribution < -0.4 is 10.6 Å². The lowest BCUT2D eigenvalue weighted by Gasteiger charge is -2.32. The van der Waals surface area contributed by atoms with Crippen LogP contribution in [0.5, 0.6) is 0 Å². The minimum atomic E-state index is 0.464. The SMILES string of the molecule is CN=C(NCc1ccc(Br)cc1)NC1CCN(Cc2ccccn2)CC1. The van der Waals surface area contributed by atoms with Gasteiger partial charge in [-0.3, -0.25) is 14.9 Å². The molecule has 0 amide bonds. The van der Waals surface area contributed by atoms with Crippen molar-refractivity contribution in [3.05, 3.63) is 64.4 Å². The van der Waals surface area contributed by atoms with E-state index in [0.29, 0.717) is 6.04 Å². The molecule has 26 heavy (non-hydrogen) atoms. The monoisotopic (exact) mass is 415 g/mol. The van der Waals surface area contributed by atoms with Gasteiger partial charge in [0.25, 0.3) is 0 Å². The summed E-state index contributed by atoms with van der Waals surface area (Å²) in [6, 6.07) is 14.9. The summed E-state index contributed by atoms with van der Waals surface area (Å²) in [7, 11) is 1.83. The van der Waals surface area contributed by atoms with Crippen molar-refractivity contribution in [2.24, 2.45) is 4.99 Å². The number of hydrogen-bond acceptors (Lipinski definition) is 3. The summed E-state index contributed by atoms with van der Waals surface area (Å²) in [5.41, 5.74) is 2.38. The number of nitrogens with one attached hydrogen (secondary N) is 2. The lowest BCUT2D eigenvalue weighted by molar-refractivity contribution is 0.196. The zero-order valence-electron chi connectivity index (χ0n) is 15.2. The van der Waals surface area contributed by atoms with Gasteiger partial charge in [-0.05, 0) is 42.7 Å². The Bertz CT molecular complexity index is 694. The first kappa shape index (κ1) is 18.9. The summed E-state index contributed by atoms with van der Waals surface area (Å²) < 4.78 is 1.10. The Morgan fingerprint density at radius 2 is 1.96 bits per heavy atom. The van der Waals surface area contributed by atoms with E-state index in [0.717, 1.165) is 55.1 Å². The topological polar surface area (TPSA) is 52.6 Å². The number of halogens is 1. The Morgan fingerprint density at radius 3 is 2.62 bits per heavy atom. The van der Waals surface area contributed by atoms with E-state index in [2.05, 4.69) is 77.8 Å². The zero-order valence-corrected chi connectivity index (χ0v) is 16.7. The molecular formula is C20H26BrN5. The fourth-order valence-electron chi connectivity index (χ4n) is 3.13. The van der Waals surface area contributed by atoms with E-state index in [-0.39, 0.29) is 0 Å². The number of likely N-dealkylation sites (tertiary alicyclic amines) is 1. The van der Waals surface area contributed by atoms with Gasteiger partial charge in [-0.25, -0.2) is 0 Å². The lowest BCUT2D eigenvalue weighted by Crippen LogP contribution is -2.48. The van der Waals surface area contributed by atoms with Gasteiger partial charge in [-0.2, -0.15) is 0 Å². The van der Waals surface area contributed by atoms with E-state index in [1.54, 1.807) is 0 Å². The van der Waals surface area contributed by atoms with Crippen molar-refractivity contribution in [1.82, 2.24) is 20.5 Å². The number of hydrogen-bond donors (Lipinski definition) is 2. The van der Waals surface area contributed by atoms with Gasteiger partial charge in [0, 0.05) is 49.9 Å². The van der Waals surface area contributed by atoms with Crippen LogP contribution in [0.15, 0.2) is 58.1 Å². The van der Waals surface area contributed by atoms with Crippen LogP contribution in [-0.4, -0.2) is 42.0 Å². The Balaban J connectivity index is 1.41. The van der Waals surface area contributed by atoms with Gasteiger partial charge >= 0.3 is 0 Å². The minimum absolute atomic E-state index is 0.464. The van der Waals surface area contributed by atoms with Crippen molar-refractivity contribution in [3.63, 3.8) is 0 Å². The first-order valence-corrected chi connectivity index (χ1v) is 9.86. The molecule has 5 nitrogen and oxygen atoms in total. The average Bonchev–Trinajstić information content (AvgIpc) is 2.68. The van der Waals surface area contributed by atoms with Gasteiger partial charge in [0.05, 0.1) is 5.69 Å². The maximum Gasteiger partial charge on any atom is 0.191 e. The van der Waals surface area contributed by atoms with Crippen molar-refractivity contribution < 1.29 is 0 Å². The second-order valence-electron chi connectivity index (χ2n) is 6.57. The van der Waals surface area contributed by atoms with E-state index in [1.807, 2.05) is 19.3 Å². The first-order valence-electron chi connectivity index (χ1n) is 9.07. The van der Waals surface area contributed by atoms with E-state index in [9.17, 15) is 0 Å². The molecule has 0 spiro atoms. The van der Waals surface area contributed by atoms with Gasteiger partial charge in [0.2, 0.25) is 0 Å². The van der Waals surface area contributed by atoms with Crippen LogP contribution in [0, 0.1) is 0 Å². The first-order chi connectivity index (χ1) is 12.7. The quantitative estimate of drug-likeness (QED) is 0.581. The highest BCUT2D eigenvalue weighted by molar-refractivity contribution is 9.10. The summed E-state index contributed by atoms with van der Waals surface area (Å²) in [5, 5.41) is 6.96. The molecule has 1 aromatic carbocycles. The number of nitrogens with zero attached hydrogens (tertiary/aromatic N) is 3. The molecule has 0 aliphatic carbocycles. The predicted molar refractivity (Wildman–Crippen MR) is 110 cm³/mol. The Kier molecular flexibility index (Phi) is 7.03. The maximum atomic E-state index is 4.42. The highest BCUT2D eigenvalue weighted by atomic mass is 79.9. The average molecular weight is 416 g/mol. The van der Waals surface area contributed by atoms with Gasteiger partial charge in [-0.15, -0.1) is 0 Å². The highest BCUT2D eigenvalue weighted by Crippen LogP contribution is 2.13. The zero-order chi connectivity index (χ0) is 18.2. The van der Waals surface area contributed by atoms with Gasteiger partial charge in [0.1, 0.15) is 0 Å². The van der Waals surface area contributed by atoms with Crippen LogP contribution in [0.3, 0.4) is 0 Å². The number of aliphatic imine (C=N–C) groups is 1. The van der Waals surface area contributed by atoms with Crippen LogP contribution in [0.4, 0.5) is 0 Å². The molecule has 1 aliphatic rings. The van der Waals surface area contributed by atoms with Crippen LogP contribution in [0.25, 0.3) is 0 Å². The Morgan fingerprint density at radius 1 is 1.19 bits per heavy atom. The van der Waals surface area contributed by atoms with E-state index in [1.165, 1.54) is 5.56 Å². The van der Waals surface area contributed by atoms with Crippen molar-refractivity contribution in [2.45, 2.75) is 32.0 Å². The Hall–Kier alpha value is -1.92. The number of piperidine rings is 1. The molecule has 138 valence electrons. The molecule has 1 aliphatic heterocycles. The molecule has 6 heteroatoms. The van der Waals surface area contributed by atoms with Gasteiger partial charge < -0.3 is 10.6 Å². The Labute approximate surface area is 164 Å². The predicted octanol–water partition coefficient (Wildman–Crippen LogP) is 3.17. The number of rotatable bonds is 5. The van der Waals surface area contributed by atoms with Crippen molar-refractivity contribution in [1.29, 1.82) is 0 Å². The number of pyridine rings is 1. The standard InChI is InChI=1S/C20H26BrN5/c1-22-20(24-14-16-5-7-17(21)8-6-16)25-18-9-12-26(13-10-18)15-19-4-2-3-11-23-19/h2-8,11,18H,9-10,12-15H2,1H3,(H2,22,24,25).